The number of carbonyl (C=O) groups is 2. The summed E-state index contributed by atoms with van der Waals surface area (Å²) < 4.78 is 0. The zero-order chi connectivity index (χ0) is 12.1. The van der Waals surface area contributed by atoms with Crippen molar-refractivity contribution in [3.05, 3.63) is 41.0 Å². The quantitative estimate of drug-likeness (QED) is 0.815. The Morgan fingerprint density at radius 1 is 1.31 bits per heavy atom. The highest BCUT2D eigenvalue weighted by atomic mass is 16.4. The molecule has 0 bridgehead atoms. The molecule has 1 rings (SSSR count). The highest BCUT2D eigenvalue weighted by Gasteiger charge is 2.05. The van der Waals surface area contributed by atoms with Crippen LogP contribution in [-0.2, 0) is 4.79 Å². The molecule has 4 heteroatoms. The van der Waals surface area contributed by atoms with Crippen molar-refractivity contribution in [2.45, 2.75) is 13.3 Å². The van der Waals surface area contributed by atoms with E-state index in [1.165, 1.54) is 12.1 Å². The number of benzene rings is 1. The summed E-state index contributed by atoms with van der Waals surface area (Å²) in [7, 11) is 0. The van der Waals surface area contributed by atoms with Gasteiger partial charge in [-0.3, -0.25) is 4.79 Å². The van der Waals surface area contributed by atoms with Crippen molar-refractivity contribution < 1.29 is 19.8 Å². The Kier molecular flexibility index (Phi) is 3.83. The molecule has 1 aromatic carbocycles. The Labute approximate surface area is 92.8 Å². The maximum Gasteiger partial charge on any atom is 0.335 e. The SMILES string of the molecule is Cc1cc(C=CCC(=O)O)ccc1C(=O)O. The molecule has 0 fully saturated rings. The van der Waals surface area contributed by atoms with Crippen LogP contribution in [0.2, 0.25) is 0 Å². The number of hydrogen-bond acceptors (Lipinski definition) is 2. The van der Waals surface area contributed by atoms with Gasteiger partial charge in [-0.15, -0.1) is 0 Å². The van der Waals surface area contributed by atoms with E-state index in [-0.39, 0.29) is 12.0 Å². The van der Waals surface area contributed by atoms with Crippen LogP contribution >= 0.6 is 0 Å². The summed E-state index contributed by atoms with van der Waals surface area (Å²) in [6.45, 7) is 1.71. The smallest absolute Gasteiger partial charge is 0.335 e. The van der Waals surface area contributed by atoms with Crippen molar-refractivity contribution in [1.29, 1.82) is 0 Å². The van der Waals surface area contributed by atoms with Gasteiger partial charge in [-0.25, -0.2) is 4.79 Å². The van der Waals surface area contributed by atoms with E-state index in [9.17, 15) is 9.59 Å². The number of carboxylic acid groups (broad SMARTS) is 2. The van der Waals surface area contributed by atoms with E-state index >= 15 is 0 Å². The zero-order valence-corrected chi connectivity index (χ0v) is 8.80. The standard InChI is InChI=1S/C12H12O4/c1-8-7-9(3-2-4-11(13)14)5-6-10(8)12(15)16/h2-3,5-7H,4H2,1H3,(H,13,14)(H,15,16). The van der Waals surface area contributed by atoms with E-state index < -0.39 is 11.9 Å². The van der Waals surface area contributed by atoms with Gasteiger partial charge in [0.15, 0.2) is 0 Å². The Hall–Kier alpha value is -2.10. The molecule has 1 aromatic rings. The molecule has 0 atom stereocenters. The van der Waals surface area contributed by atoms with Crippen molar-refractivity contribution >= 4 is 18.0 Å². The number of aliphatic carboxylic acids is 1. The minimum absolute atomic E-state index is 0.0419. The highest BCUT2D eigenvalue weighted by molar-refractivity contribution is 5.89. The third-order valence-electron chi connectivity index (χ3n) is 2.08. The summed E-state index contributed by atoms with van der Waals surface area (Å²) >= 11 is 0. The Bertz CT molecular complexity index is 446. The van der Waals surface area contributed by atoms with Crippen LogP contribution in [0, 0.1) is 6.92 Å². The highest BCUT2D eigenvalue weighted by Crippen LogP contribution is 2.12. The predicted molar refractivity (Wildman–Crippen MR) is 59.4 cm³/mol. The number of aromatic carboxylic acids is 1. The van der Waals surface area contributed by atoms with E-state index in [1.54, 1.807) is 25.1 Å². The fraction of sp³-hybridized carbons (Fsp3) is 0.167. The van der Waals surface area contributed by atoms with Crippen LogP contribution in [-0.4, -0.2) is 22.2 Å². The molecule has 0 spiro atoms. The van der Waals surface area contributed by atoms with E-state index in [0.717, 1.165) is 5.56 Å². The average Bonchev–Trinajstić information content (AvgIpc) is 2.16. The molecule has 4 nitrogen and oxygen atoms in total. The summed E-state index contributed by atoms with van der Waals surface area (Å²) in [5, 5.41) is 17.2. The minimum atomic E-state index is -0.960. The monoisotopic (exact) mass is 220 g/mol. The fourth-order valence-corrected chi connectivity index (χ4v) is 1.33. The predicted octanol–water partition coefficient (Wildman–Crippen LogP) is 2.18. The van der Waals surface area contributed by atoms with Crippen LogP contribution in [0.1, 0.15) is 27.9 Å². The molecule has 2 N–H and O–H groups in total. The first-order valence-corrected chi connectivity index (χ1v) is 4.73. The molecule has 84 valence electrons. The van der Waals surface area contributed by atoms with Gasteiger partial charge in [-0.1, -0.05) is 24.3 Å². The lowest BCUT2D eigenvalue weighted by atomic mass is 10.0. The van der Waals surface area contributed by atoms with E-state index in [1.807, 2.05) is 0 Å². The van der Waals surface area contributed by atoms with Crippen LogP contribution in [0.3, 0.4) is 0 Å². The molecule has 0 saturated heterocycles. The van der Waals surface area contributed by atoms with Crippen molar-refractivity contribution in [3.8, 4) is 0 Å². The summed E-state index contributed by atoms with van der Waals surface area (Å²) in [5.41, 5.74) is 1.71. The van der Waals surface area contributed by atoms with Crippen molar-refractivity contribution in [2.24, 2.45) is 0 Å². The maximum atomic E-state index is 10.7. The molecular formula is C12H12O4. The second kappa shape index (κ2) is 5.11. The van der Waals surface area contributed by atoms with Gasteiger partial charge in [0.05, 0.1) is 12.0 Å². The average molecular weight is 220 g/mol. The van der Waals surface area contributed by atoms with Gasteiger partial charge < -0.3 is 10.2 Å². The summed E-state index contributed by atoms with van der Waals surface area (Å²) in [5.74, 6) is -1.85. The van der Waals surface area contributed by atoms with Crippen LogP contribution in [0.5, 0.6) is 0 Å². The molecule has 0 aliphatic carbocycles. The second-order valence-corrected chi connectivity index (χ2v) is 3.38. The van der Waals surface area contributed by atoms with Gasteiger partial charge in [0.25, 0.3) is 0 Å². The Balaban J connectivity index is 2.85. The van der Waals surface area contributed by atoms with Crippen molar-refractivity contribution in [2.75, 3.05) is 0 Å². The Morgan fingerprint density at radius 3 is 2.50 bits per heavy atom. The number of aryl methyl sites for hydroxylation is 1. The van der Waals surface area contributed by atoms with E-state index in [0.29, 0.717) is 5.56 Å². The van der Waals surface area contributed by atoms with E-state index in [4.69, 9.17) is 10.2 Å². The molecule has 0 aliphatic rings. The van der Waals surface area contributed by atoms with Gasteiger partial charge in [-0.05, 0) is 24.1 Å². The van der Waals surface area contributed by atoms with Gasteiger partial charge >= 0.3 is 11.9 Å². The molecule has 0 unspecified atom stereocenters. The van der Waals surface area contributed by atoms with Gasteiger partial charge in [0, 0.05) is 0 Å². The van der Waals surface area contributed by atoms with Gasteiger partial charge in [0.2, 0.25) is 0 Å². The largest absolute Gasteiger partial charge is 0.481 e. The van der Waals surface area contributed by atoms with Gasteiger partial charge in [-0.2, -0.15) is 0 Å². The first kappa shape index (κ1) is 12.0. The molecule has 0 aliphatic heterocycles. The fourth-order valence-electron chi connectivity index (χ4n) is 1.33. The van der Waals surface area contributed by atoms with Crippen LogP contribution in [0.15, 0.2) is 24.3 Å². The summed E-state index contributed by atoms with van der Waals surface area (Å²) in [6.07, 6.45) is 3.14. The maximum absolute atomic E-state index is 10.7. The number of hydrogen-bond donors (Lipinski definition) is 2. The molecule has 0 aromatic heterocycles. The lowest BCUT2D eigenvalue weighted by molar-refractivity contribution is -0.135. The summed E-state index contributed by atoms with van der Waals surface area (Å²) in [4.78, 5) is 21.0. The molecule has 0 radical (unpaired) electrons. The topological polar surface area (TPSA) is 74.6 Å². The van der Waals surface area contributed by atoms with Crippen molar-refractivity contribution in [3.63, 3.8) is 0 Å². The molecular weight excluding hydrogens is 208 g/mol. The van der Waals surface area contributed by atoms with Gasteiger partial charge in [0.1, 0.15) is 0 Å². The summed E-state index contributed by atoms with van der Waals surface area (Å²) in [6, 6.07) is 4.87. The van der Waals surface area contributed by atoms with Crippen LogP contribution < -0.4 is 0 Å². The van der Waals surface area contributed by atoms with E-state index in [2.05, 4.69) is 0 Å². The lowest BCUT2D eigenvalue weighted by Crippen LogP contribution is -1.99. The van der Waals surface area contributed by atoms with Crippen LogP contribution in [0.4, 0.5) is 0 Å². The first-order valence-electron chi connectivity index (χ1n) is 4.73. The molecule has 0 heterocycles. The first-order chi connectivity index (χ1) is 7.50. The minimum Gasteiger partial charge on any atom is -0.481 e. The lowest BCUT2D eigenvalue weighted by Gasteiger charge is -2.01. The van der Waals surface area contributed by atoms with Crippen LogP contribution in [0.25, 0.3) is 6.08 Å². The molecule has 0 amide bonds. The number of carboxylic acids is 2. The zero-order valence-electron chi connectivity index (χ0n) is 8.80. The third-order valence-corrected chi connectivity index (χ3v) is 2.08. The molecule has 16 heavy (non-hydrogen) atoms. The second-order valence-electron chi connectivity index (χ2n) is 3.38. The van der Waals surface area contributed by atoms with Crippen molar-refractivity contribution in [1.82, 2.24) is 0 Å². The number of rotatable bonds is 4. The molecule has 0 saturated carbocycles. The Morgan fingerprint density at radius 2 is 2.00 bits per heavy atom. The third kappa shape index (κ3) is 3.24. The normalized spacial score (nSPS) is 10.6.